The number of rotatable bonds is 5. The van der Waals surface area contributed by atoms with Gasteiger partial charge in [0.1, 0.15) is 18.5 Å². The van der Waals surface area contributed by atoms with E-state index in [-0.39, 0.29) is 12.1 Å². The fourth-order valence-electron chi connectivity index (χ4n) is 3.17. The largest absolute Gasteiger partial charge is 0.447 e. The number of nitrogens with zero attached hydrogens (tertiary/aromatic N) is 3. The van der Waals surface area contributed by atoms with Gasteiger partial charge in [-0.15, -0.1) is 0 Å². The summed E-state index contributed by atoms with van der Waals surface area (Å²) in [6.45, 7) is 2.35. The Balaban J connectivity index is 1.58. The lowest BCUT2D eigenvalue weighted by molar-refractivity contribution is 0.179. The number of carbonyl (C=O) groups excluding carboxylic acids is 1. The van der Waals surface area contributed by atoms with Gasteiger partial charge in [0, 0.05) is 6.20 Å². The minimum absolute atomic E-state index is 0.0388. The zero-order chi connectivity index (χ0) is 18.6. The van der Waals surface area contributed by atoms with Crippen molar-refractivity contribution in [2.75, 3.05) is 16.8 Å². The third-order valence-corrected chi connectivity index (χ3v) is 4.59. The average molecular weight is 360 g/mol. The van der Waals surface area contributed by atoms with Gasteiger partial charge in [0.25, 0.3) is 0 Å². The second kappa shape index (κ2) is 7.45. The van der Waals surface area contributed by atoms with Crippen molar-refractivity contribution in [2.24, 2.45) is 0 Å². The molecule has 2 atom stereocenters. The standard InChI is InChI=1S/C21H20N4O2/c1-15(16-8-4-2-5-9-16)23-20-22-13-12-19(24-20)25-18(14-27-21(25)26)17-10-6-3-7-11-17/h2-13,15,18H,14H2,1H3,(H,22,23,24)/t15-,18+/m0/s1. The number of carbonyl (C=O) groups is 1. The first-order chi connectivity index (χ1) is 13.2. The SMILES string of the molecule is C[C@H](Nc1nccc(N2C(=O)OC[C@@H]2c2ccccc2)n1)c1ccccc1. The predicted octanol–water partition coefficient (Wildman–Crippen LogP) is 4.35. The molecule has 0 bridgehead atoms. The quantitative estimate of drug-likeness (QED) is 0.733. The topological polar surface area (TPSA) is 67.4 Å². The Morgan fingerprint density at radius 2 is 1.78 bits per heavy atom. The minimum atomic E-state index is -0.399. The molecule has 6 heteroatoms. The van der Waals surface area contributed by atoms with Crippen LogP contribution >= 0.6 is 0 Å². The van der Waals surface area contributed by atoms with Crippen LogP contribution in [0.15, 0.2) is 72.9 Å². The van der Waals surface area contributed by atoms with Crippen LogP contribution in [-0.2, 0) is 4.74 Å². The highest BCUT2D eigenvalue weighted by molar-refractivity contribution is 5.89. The monoisotopic (exact) mass is 360 g/mol. The maximum absolute atomic E-state index is 12.3. The molecule has 2 heterocycles. The van der Waals surface area contributed by atoms with Crippen molar-refractivity contribution in [3.63, 3.8) is 0 Å². The van der Waals surface area contributed by atoms with Gasteiger partial charge in [-0.1, -0.05) is 60.7 Å². The third-order valence-electron chi connectivity index (χ3n) is 4.59. The molecule has 0 saturated carbocycles. The fraction of sp³-hybridized carbons (Fsp3) is 0.190. The van der Waals surface area contributed by atoms with Gasteiger partial charge in [0.2, 0.25) is 5.95 Å². The maximum Gasteiger partial charge on any atom is 0.416 e. The Morgan fingerprint density at radius 1 is 1.07 bits per heavy atom. The minimum Gasteiger partial charge on any atom is -0.447 e. The van der Waals surface area contributed by atoms with Gasteiger partial charge in [0.05, 0.1) is 6.04 Å². The van der Waals surface area contributed by atoms with Crippen LogP contribution in [0.1, 0.15) is 30.1 Å². The third kappa shape index (κ3) is 3.60. The van der Waals surface area contributed by atoms with E-state index in [0.717, 1.165) is 11.1 Å². The molecule has 4 rings (SSSR count). The normalized spacial score (nSPS) is 17.4. The first-order valence-electron chi connectivity index (χ1n) is 8.88. The molecule has 1 amide bonds. The number of cyclic esters (lactones) is 1. The highest BCUT2D eigenvalue weighted by Gasteiger charge is 2.36. The van der Waals surface area contributed by atoms with E-state index in [4.69, 9.17) is 4.74 Å². The molecule has 2 aromatic carbocycles. The van der Waals surface area contributed by atoms with Crippen LogP contribution in [0.2, 0.25) is 0 Å². The van der Waals surface area contributed by atoms with Crippen molar-refractivity contribution < 1.29 is 9.53 Å². The number of benzene rings is 2. The highest BCUT2D eigenvalue weighted by Crippen LogP contribution is 2.32. The second-order valence-electron chi connectivity index (χ2n) is 6.39. The maximum atomic E-state index is 12.3. The summed E-state index contributed by atoms with van der Waals surface area (Å²) in [5, 5.41) is 3.29. The molecular formula is C21H20N4O2. The summed E-state index contributed by atoms with van der Waals surface area (Å²) in [5.74, 6) is 0.986. The molecule has 1 fully saturated rings. The van der Waals surface area contributed by atoms with E-state index < -0.39 is 6.09 Å². The molecule has 1 saturated heterocycles. The molecular weight excluding hydrogens is 340 g/mol. The molecule has 136 valence electrons. The van der Waals surface area contributed by atoms with Crippen molar-refractivity contribution in [2.45, 2.75) is 19.0 Å². The molecule has 1 aliphatic rings. The Bertz CT molecular complexity index is 918. The lowest BCUT2D eigenvalue weighted by atomic mass is 10.1. The molecule has 0 unspecified atom stereocenters. The molecule has 6 nitrogen and oxygen atoms in total. The Hall–Kier alpha value is -3.41. The number of nitrogens with one attached hydrogen (secondary N) is 1. The van der Waals surface area contributed by atoms with Gasteiger partial charge >= 0.3 is 6.09 Å². The van der Waals surface area contributed by atoms with Crippen molar-refractivity contribution in [1.82, 2.24) is 9.97 Å². The van der Waals surface area contributed by atoms with E-state index >= 15 is 0 Å². The number of anilines is 2. The zero-order valence-corrected chi connectivity index (χ0v) is 14.9. The number of ether oxygens (including phenoxy) is 1. The summed E-state index contributed by atoms with van der Waals surface area (Å²) in [4.78, 5) is 22.8. The number of hydrogen-bond donors (Lipinski definition) is 1. The first-order valence-corrected chi connectivity index (χ1v) is 8.88. The van der Waals surface area contributed by atoms with Gasteiger partial charge < -0.3 is 10.1 Å². The molecule has 3 aromatic rings. The number of aromatic nitrogens is 2. The van der Waals surface area contributed by atoms with E-state index in [9.17, 15) is 4.79 Å². The smallest absolute Gasteiger partial charge is 0.416 e. The molecule has 1 N–H and O–H groups in total. The van der Waals surface area contributed by atoms with E-state index in [0.29, 0.717) is 18.4 Å². The van der Waals surface area contributed by atoms with Crippen LogP contribution in [0.25, 0.3) is 0 Å². The van der Waals surface area contributed by atoms with Crippen LogP contribution in [0.5, 0.6) is 0 Å². The van der Waals surface area contributed by atoms with Crippen LogP contribution < -0.4 is 10.2 Å². The van der Waals surface area contributed by atoms with Crippen LogP contribution in [0.3, 0.4) is 0 Å². The van der Waals surface area contributed by atoms with E-state index in [1.807, 2.05) is 67.6 Å². The van der Waals surface area contributed by atoms with Crippen LogP contribution in [-0.4, -0.2) is 22.7 Å². The van der Waals surface area contributed by atoms with E-state index in [1.165, 1.54) is 0 Å². The van der Waals surface area contributed by atoms with E-state index in [2.05, 4.69) is 15.3 Å². The van der Waals surface area contributed by atoms with Gasteiger partial charge in [0.15, 0.2) is 0 Å². The van der Waals surface area contributed by atoms with Gasteiger partial charge in [-0.3, -0.25) is 4.90 Å². The molecule has 1 aliphatic heterocycles. The summed E-state index contributed by atoms with van der Waals surface area (Å²) in [6.07, 6.45) is 1.25. The van der Waals surface area contributed by atoms with Crippen LogP contribution in [0.4, 0.5) is 16.6 Å². The summed E-state index contributed by atoms with van der Waals surface area (Å²) in [6, 6.07) is 21.4. The molecule has 0 radical (unpaired) electrons. The predicted molar refractivity (Wildman–Crippen MR) is 104 cm³/mol. The van der Waals surface area contributed by atoms with Gasteiger partial charge in [-0.05, 0) is 24.1 Å². The van der Waals surface area contributed by atoms with E-state index in [1.54, 1.807) is 17.2 Å². The Kier molecular flexibility index (Phi) is 4.70. The average Bonchev–Trinajstić information content (AvgIpc) is 3.11. The van der Waals surface area contributed by atoms with Crippen molar-refractivity contribution in [1.29, 1.82) is 0 Å². The number of hydrogen-bond acceptors (Lipinski definition) is 5. The van der Waals surface area contributed by atoms with Crippen molar-refractivity contribution >= 4 is 17.9 Å². The summed E-state index contributed by atoms with van der Waals surface area (Å²) in [7, 11) is 0. The lowest BCUT2D eigenvalue weighted by Crippen LogP contribution is -2.28. The van der Waals surface area contributed by atoms with Crippen LogP contribution in [0, 0.1) is 0 Å². The molecule has 1 aromatic heterocycles. The Labute approximate surface area is 157 Å². The molecule has 0 aliphatic carbocycles. The molecule has 0 spiro atoms. The molecule has 27 heavy (non-hydrogen) atoms. The van der Waals surface area contributed by atoms with Crippen molar-refractivity contribution in [3.05, 3.63) is 84.1 Å². The number of amides is 1. The fourth-order valence-corrected chi connectivity index (χ4v) is 3.17. The zero-order valence-electron chi connectivity index (χ0n) is 14.9. The van der Waals surface area contributed by atoms with Crippen molar-refractivity contribution in [3.8, 4) is 0 Å². The second-order valence-corrected chi connectivity index (χ2v) is 6.39. The van der Waals surface area contributed by atoms with Gasteiger partial charge in [-0.25, -0.2) is 9.78 Å². The highest BCUT2D eigenvalue weighted by atomic mass is 16.6. The summed E-state index contributed by atoms with van der Waals surface area (Å²) < 4.78 is 5.28. The first kappa shape index (κ1) is 17.0. The lowest BCUT2D eigenvalue weighted by Gasteiger charge is -2.21. The summed E-state index contributed by atoms with van der Waals surface area (Å²) in [5.41, 5.74) is 2.14. The summed E-state index contributed by atoms with van der Waals surface area (Å²) >= 11 is 0. The van der Waals surface area contributed by atoms with Gasteiger partial charge in [-0.2, -0.15) is 4.98 Å². The Morgan fingerprint density at radius 3 is 2.52 bits per heavy atom.